The van der Waals surface area contributed by atoms with E-state index in [0.29, 0.717) is 0 Å². The van der Waals surface area contributed by atoms with Crippen molar-refractivity contribution in [1.82, 2.24) is 0 Å². The zero-order chi connectivity index (χ0) is 14.8. The maximum Gasteiger partial charge on any atom is 0.259 e. The molecule has 0 N–H and O–H groups in total. The number of hydrogen-bond acceptors (Lipinski definition) is 2. The fourth-order valence-corrected chi connectivity index (χ4v) is 3.38. The van der Waals surface area contributed by atoms with Gasteiger partial charge in [-0.15, -0.1) is 0 Å². The number of carbonyl (C=O) groups is 1. The number of rotatable bonds is 2. The summed E-state index contributed by atoms with van der Waals surface area (Å²) in [7, 11) is 1.65. The Morgan fingerprint density at radius 2 is 2.00 bits per heavy atom. The summed E-state index contributed by atoms with van der Waals surface area (Å²) >= 11 is 2.21. The quantitative estimate of drug-likeness (QED) is 0.725. The Balaban J connectivity index is 2.06. The first-order valence-electron chi connectivity index (χ1n) is 6.94. The molecule has 2 aromatic rings. The van der Waals surface area contributed by atoms with Crippen LogP contribution in [0.4, 0.5) is 5.69 Å². The molecule has 0 bridgehead atoms. The Bertz CT molecular complexity index is 670. The van der Waals surface area contributed by atoms with Crippen molar-refractivity contribution in [2.75, 3.05) is 18.6 Å². The van der Waals surface area contributed by atoms with E-state index in [4.69, 9.17) is 4.74 Å². The average Bonchev–Trinajstić information content (AvgIpc) is 2.53. The number of benzene rings is 2. The summed E-state index contributed by atoms with van der Waals surface area (Å²) in [4.78, 5) is 14.8. The van der Waals surface area contributed by atoms with Crippen LogP contribution >= 0.6 is 22.6 Å². The van der Waals surface area contributed by atoms with Crippen LogP contribution < -0.4 is 9.64 Å². The molecule has 3 nitrogen and oxygen atoms in total. The molecule has 2 aromatic carbocycles. The number of aryl methyl sites for hydroxylation is 1. The van der Waals surface area contributed by atoms with Gasteiger partial charge in [0.05, 0.1) is 18.4 Å². The van der Waals surface area contributed by atoms with Crippen LogP contribution in [0.3, 0.4) is 0 Å². The van der Waals surface area contributed by atoms with Gasteiger partial charge in [0.15, 0.2) is 0 Å². The van der Waals surface area contributed by atoms with E-state index >= 15 is 0 Å². The highest BCUT2D eigenvalue weighted by atomic mass is 127. The zero-order valence-electron chi connectivity index (χ0n) is 11.8. The highest BCUT2D eigenvalue weighted by Crippen LogP contribution is 2.37. The third-order valence-corrected chi connectivity index (χ3v) is 4.69. The fourth-order valence-electron chi connectivity index (χ4n) is 2.76. The van der Waals surface area contributed by atoms with E-state index in [1.54, 1.807) is 7.11 Å². The average molecular weight is 393 g/mol. The van der Waals surface area contributed by atoms with Gasteiger partial charge >= 0.3 is 0 Å². The maximum atomic E-state index is 12.9. The molecule has 0 unspecified atom stereocenters. The molecule has 3 rings (SSSR count). The summed E-state index contributed by atoms with van der Waals surface area (Å²) in [6.45, 7) is 0.733. The van der Waals surface area contributed by atoms with Crippen molar-refractivity contribution in [3.05, 3.63) is 57.2 Å². The molecule has 1 amide bonds. The second-order valence-corrected chi connectivity index (χ2v) is 6.17. The van der Waals surface area contributed by atoms with Crippen LogP contribution in [0.25, 0.3) is 0 Å². The molecule has 0 aliphatic carbocycles. The van der Waals surface area contributed by atoms with Crippen molar-refractivity contribution < 1.29 is 9.53 Å². The number of ether oxygens (including phenoxy) is 1. The van der Waals surface area contributed by atoms with Gasteiger partial charge in [-0.3, -0.25) is 4.79 Å². The molecule has 0 saturated heterocycles. The molecule has 0 atom stereocenters. The van der Waals surface area contributed by atoms with Gasteiger partial charge in [0.25, 0.3) is 5.91 Å². The predicted molar refractivity (Wildman–Crippen MR) is 92.2 cm³/mol. The van der Waals surface area contributed by atoms with E-state index < -0.39 is 0 Å². The monoisotopic (exact) mass is 393 g/mol. The van der Waals surface area contributed by atoms with Crippen LogP contribution in [0.1, 0.15) is 22.3 Å². The van der Waals surface area contributed by atoms with E-state index in [1.165, 1.54) is 5.56 Å². The van der Waals surface area contributed by atoms with Gasteiger partial charge in [0.1, 0.15) is 5.75 Å². The SMILES string of the molecule is COc1cccc2c1N(C(=O)c1ccccc1I)CCC2. The third kappa shape index (κ3) is 2.64. The van der Waals surface area contributed by atoms with E-state index in [1.807, 2.05) is 41.3 Å². The molecule has 0 radical (unpaired) electrons. The zero-order valence-corrected chi connectivity index (χ0v) is 14.0. The van der Waals surface area contributed by atoms with Crippen LogP contribution in [0, 0.1) is 3.57 Å². The minimum atomic E-state index is 0.0467. The van der Waals surface area contributed by atoms with Crippen LogP contribution in [0.5, 0.6) is 5.75 Å². The van der Waals surface area contributed by atoms with Gasteiger partial charge in [-0.05, 0) is 59.2 Å². The first kappa shape index (κ1) is 14.4. The van der Waals surface area contributed by atoms with Crippen molar-refractivity contribution in [2.45, 2.75) is 12.8 Å². The van der Waals surface area contributed by atoms with Gasteiger partial charge in [0, 0.05) is 10.1 Å². The molecule has 4 heteroatoms. The van der Waals surface area contributed by atoms with Gasteiger partial charge in [-0.2, -0.15) is 0 Å². The molecule has 0 fully saturated rings. The van der Waals surface area contributed by atoms with E-state index in [2.05, 4.69) is 28.7 Å². The van der Waals surface area contributed by atoms with Crippen LogP contribution in [0.15, 0.2) is 42.5 Å². The van der Waals surface area contributed by atoms with Crippen LogP contribution in [0.2, 0.25) is 0 Å². The summed E-state index contributed by atoms with van der Waals surface area (Å²) < 4.78 is 6.44. The number of anilines is 1. The molecular formula is C17H16INO2. The fraction of sp³-hybridized carbons (Fsp3) is 0.235. The van der Waals surface area contributed by atoms with Crippen LogP contribution in [-0.2, 0) is 6.42 Å². The lowest BCUT2D eigenvalue weighted by Crippen LogP contribution is -2.36. The van der Waals surface area contributed by atoms with Gasteiger partial charge < -0.3 is 9.64 Å². The summed E-state index contributed by atoms with van der Waals surface area (Å²) in [5.74, 6) is 0.817. The lowest BCUT2D eigenvalue weighted by Gasteiger charge is -2.31. The van der Waals surface area contributed by atoms with E-state index in [0.717, 1.165) is 40.0 Å². The summed E-state index contributed by atoms with van der Waals surface area (Å²) in [5.41, 5.74) is 2.85. The van der Waals surface area contributed by atoms with Crippen molar-refractivity contribution >= 4 is 34.2 Å². The van der Waals surface area contributed by atoms with Gasteiger partial charge in [0.2, 0.25) is 0 Å². The van der Waals surface area contributed by atoms with Gasteiger partial charge in [-0.25, -0.2) is 0 Å². The molecule has 0 aromatic heterocycles. The highest BCUT2D eigenvalue weighted by molar-refractivity contribution is 14.1. The largest absolute Gasteiger partial charge is 0.495 e. The minimum absolute atomic E-state index is 0.0467. The first-order valence-corrected chi connectivity index (χ1v) is 8.02. The number of methoxy groups -OCH3 is 1. The normalized spacial score (nSPS) is 13.7. The molecule has 108 valence electrons. The van der Waals surface area contributed by atoms with E-state index in [-0.39, 0.29) is 5.91 Å². The topological polar surface area (TPSA) is 29.5 Å². The highest BCUT2D eigenvalue weighted by Gasteiger charge is 2.27. The number of amides is 1. The second kappa shape index (κ2) is 6.05. The number of nitrogens with zero attached hydrogens (tertiary/aromatic N) is 1. The van der Waals surface area contributed by atoms with Crippen LogP contribution in [-0.4, -0.2) is 19.6 Å². The Hall–Kier alpha value is -1.56. The number of para-hydroxylation sites is 1. The number of carbonyl (C=O) groups excluding carboxylic acids is 1. The number of halogens is 1. The first-order chi connectivity index (χ1) is 10.2. The standard InChI is InChI=1S/C17H16INO2/c1-21-15-10-4-6-12-7-5-11-19(16(12)15)17(20)13-8-2-3-9-14(13)18/h2-4,6,8-10H,5,7,11H2,1H3. The second-order valence-electron chi connectivity index (χ2n) is 5.01. The molecular weight excluding hydrogens is 377 g/mol. The summed E-state index contributed by atoms with van der Waals surface area (Å²) in [6, 6.07) is 13.7. The van der Waals surface area contributed by atoms with Crippen molar-refractivity contribution in [3.8, 4) is 5.75 Å². The Kier molecular flexibility index (Phi) is 4.14. The minimum Gasteiger partial charge on any atom is -0.495 e. The summed E-state index contributed by atoms with van der Waals surface area (Å²) in [6.07, 6.45) is 1.97. The smallest absolute Gasteiger partial charge is 0.259 e. The molecule has 0 spiro atoms. The summed E-state index contributed by atoms with van der Waals surface area (Å²) in [5, 5.41) is 0. The van der Waals surface area contributed by atoms with Crippen molar-refractivity contribution in [3.63, 3.8) is 0 Å². The molecule has 1 aliphatic heterocycles. The molecule has 0 saturated carbocycles. The Labute approximate surface area is 138 Å². The molecule has 21 heavy (non-hydrogen) atoms. The Morgan fingerprint density at radius 3 is 2.76 bits per heavy atom. The maximum absolute atomic E-state index is 12.9. The lowest BCUT2D eigenvalue weighted by atomic mass is 10.00. The lowest BCUT2D eigenvalue weighted by molar-refractivity contribution is 0.0983. The molecule has 1 aliphatic rings. The number of hydrogen-bond donors (Lipinski definition) is 0. The third-order valence-electron chi connectivity index (χ3n) is 3.75. The van der Waals surface area contributed by atoms with Gasteiger partial charge in [-0.1, -0.05) is 24.3 Å². The van der Waals surface area contributed by atoms with Crippen molar-refractivity contribution in [1.29, 1.82) is 0 Å². The number of fused-ring (bicyclic) bond motifs is 1. The van der Waals surface area contributed by atoms with E-state index in [9.17, 15) is 4.79 Å². The molecule has 1 heterocycles. The Morgan fingerprint density at radius 1 is 1.19 bits per heavy atom. The predicted octanol–water partition coefficient (Wildman–Crippen LogP) is 3.89. The van der Waals surface area contributed by atoms with Crippen molar-refractivity contribution in [2.24, 2.45) is 0 Å².